The summed E-state index contributed by atoms with van der Waals surface area (Å²) in [6, 6.07) is 2.78. The van der Waals surface area contributed by atoms with Crippen LogP contribution in [0, 0.1) is 12.7 Å². The zero-order valence-electron chi connectivity index (χ0n) is 6.06. The Morgan fingerprint density at radius 1 is 1.55 bits per heavy atom. The quantitative estimate of drug-likeness (QED) is 0.693. The van der Waals surface area contributed by atoms with E-state index in [9.17, 15) is 4.39 Å². The molecule has 0 saturated carbocycles. The molecule has 3 heteroatoms. The van der Waals surface area contributed by atoms with Crippen molar-refractivity contribution in [2.75, 3.05) is 0 Å². The van der Waals surface area contributed by atoms with Crippen LogP contribution in [0.1, 0.15) is 11.1 Å². The summed E-state index contributed by atoms with van der Waals surface area (Å²) in [6.45, 7) is 1.57. The minimum Gasteiger partial charge on any atom is -0.392 e. The van der Waals surface area contributed by atoms with E-state index >= 15 is 0 Å². The number of aliphatic hydroxyl groups excluding tert-OH is 1. The fraction of sp³-hybridized carbons (Fsp3) is 0.250. The molecule has 1 aromatic carbocycles. The minimum absolute atomic E-state index is 0.0940. The summed E-state index contributed by atoms with van der Waals surface area (Å²) in [5.74, 6) is -0.443. The molecule has 0 bridgehead atoms. The minimum atomic E-state index is -0.443. The topological polar surface area (TPSA) is 20.2 Å². The summed E-state index contributed by atoms with van der Waals surface area (Å²) in [5.41, 5.74) is 1.27. The van der Waals surface area contributed by atoms with Gasteiger partial charge in [0.2, 0.25) is 0 Å². The standard InChI is InChI=1S/C8H8ClFO/c1-5-6(4-11)2-3-7(10)8(5)9/h2-3,11H,4H2,1H3. The average Bonchev–Trinajstić information content (AvgIpc) is 2.01. The van der Waals surface area contributed by atoms with Crippen molar-refractivity contribution in [3.63, 3.8) is 0 Å². The Balaban J connectivity index is 3.25. The van der Waals surface area contributed by atoms with Gasteiger partial charge >= 0.3 is 0 Å². The van der Waals surface area contributed by atoms with E-state index in [0.717, 1.165) is 0 Å². The molecule has 1 nitrogen and oxygen atoms in total. The number of hydrogen-bond acceptors (Lipinski definition) is 1. The fourth-order valence-electron chi connectivity index (χ4n) is 0.863. The van der Waals surface area contributed by atoms with E-state index in [1.807, 2.05) is 0 Å². The average molecular weight is 175 g/mol. The Kier molecular flexibility index (Phi) is 2.47. The van der Waals surface area contributed by atoms with Crippen LogP contribution in [0.15, 0.2) is 12.1 Å². The monoisotopic (exact) mass is 174 g/mol. The third-order valence-electron chi connectivity index (χ3n) is 1.62. The van der Waals surface area contributed by atoms with Crippen LogP contribution >= 0.6 is 11.6 Å². The second-order valence-electron chi connectivity index (χ2n) is 2.30. The summed E-state index contributed by atoms with van der Waals surface area (Å²) in [6.07, 6.45) is 0. The molecule has 0 spiro atoms. The van der Waals surface area contributed by atoms with Crippen molar-refractivity contribution < 1.29 is 9.50 Å². The van der Waals surface area contributed by atoms with E-state index in [2.05, 4.69) is 0 Å². The first-order valence-electron chi connectivity index (χ1n) is 3.21. The van der Waals surface area contributed by atoms with Crippen LogP contribution in [-0.4, -0.2) is 5.11 Å². The van der Waals surface area contributed by atoms with E-state index in [0.29, 0.717) is 11.1 Å². The molecule has 60 valence electrons. The summed E-state index contributed by atoms with van der Waals surface area (Å²) in [4.78, 5) is 0. The van der Waals surface area contributed by atoms with Crippen molar-refractivity contribution >= 4 is 11.6 Å². The molecule has 1 rings (SSSR count). The van der Waals surface area contributed by atoms with Crippen molar-refractivity contribution in [2.24, 2.45) is 0 Å². The number of benzene rings is 1. The Hall–Kier alpha value is -0.600. The van der Waals surface area contributed by atoms with E-state index in [1.54, 1.807) is 6.92 Å². The summed E-state index contributed by atoms with van der Waals surface area (Å²) in [5, 5.41) is 8.85. The Labute approximate surface area is 69.4 Å². The summed E-state index contributed by atoms with van der Waals surface area (Å²) < 4.78 is 12.7. The highest BCUT2D eigenvalue weighted by atomic mass is 35.5. The second kappa shape index (κ2) is 3.20. The van der Waals surface area contributed by atoms with Crippen LogP contribution in [0.25, 0.3) is 0 Å². The van der Waals surface area contributed by atoms with Gasteiger partial charge in [0, 0.05) is 0 Å². The highest BCUT2D eigenvalue weighted by Gasteiger charge is 2.05. The lowest BCUT2D eigenvalue weighted by Crippen LogP contribution is -1.91. The van der Waals surface area contributed by atoms with Crippen molar-refractivity contribution in [3.05, 3.63) is 34.1 Å². The molecule has 1 aromatic rings. The van der Waals surface area contributed by atoms with Gasteiger partial charge in [0.05, 0.1) is 11.6 Å². The predicted molar refractivity (Wildman–Crippen MR) is 42.1 cm³/mol. The van der Waals surface area contributed by atoms with Crippen molar-refractivity contribution in [2.45, 2.75) is 13.5 Å². The lowest BCUT2D eigenvalue weighted by molar-refractivity contribution is 0.281. The highest BCUT2D eigenvalue weighted by Crippen LogP contribution is 2.22. The van der Waals surface area contributed by atoms with Gasteiger partial charge in [-0.15, -0.1) is 0 Å². The molecule has 0 atom stereocenters. The molecule has 0 heterocycles. The third-order valence-corrected chi connectivity index (χ3v) is 2.09. The molecule has 0 aromatic heterocycles. The van der Waals surface area contributed by atoms with Crippen molar-refractivity contribution in [3.8, 4) is 0 Å². The third kappa shape index (κ3) is 1.52. The Morgan fingerprint density at radius 2 is 2.18 bits per heavy atom. The highest BCUT2D eigenvalue weighted by molar-refractivity contribution is 6.31. The first kappa shape index (κ1) is 8.50. The largest absolute Gasteiger partial charge is 0.392 e. The van der Waals surface area contributed by atoms with Crippen LogP contribution in [0.3, 0.4) is 0 Å². The van der Waals surface area contributed by atoms with Gasteiger partial charge in [0.1, 0.15) is 5.82 Å². The summed E-state index contributed by atoms with van der Waals surface area (Å²) >= 11 is 5.58. The van der Waals surface area contributed by atoms with Gasteiger partial charge < -0.3 is 5.11 Å². The van der Waals surface area contributed by atoms with Crippen molar-refractivity contribution in [1.29, 1.82) is 0 Å². The molecule has 1 N–H and O–H groups in total. The molecule has 0 radical (unpaired) electrons. The molecule has 0 saturated heterocycles. The van der Waals surface area contributed by atoms with E-state index in [4.69, 9.17) is 16.7 Å². The maximum atomic E-state index is 12.7. The number of halogens is 2. The van der Waals surface area contributed by atoms with Crippen LogP contribution in [0.2, 0.25) is 5.02 Å². The lowest BCUT2D eigenvalue weighted by atomic mass is 10.1. The van der Waals surface area contributed by atoms with Gasteiger partial charge in [-0.1, -0.05) is 17.7 Å². The van der Waals surface area contributed by atoms with Crippen LogP contribution in [0.5, 0.6) is 0 Å². The van der Waals surface area contributed by atoms with Gasteiger partial charge in [-0.3, -0.25) is 0 Å². The molecular formula is C8H8ClFO. The van der Waals surface area contributed by atoms with E-state index in [-0.39, 0.29) is 11.6 Å². The fourth-order valence-corrected chi connectivity index (χ4v) is 1.05. The first-order chi connectivity index (χ1) is 5.16. The SMILES string of the molecule is Cc1c(CO)ccc(F)c1Cl. The molecule has 0 amide bonds. The lowest BCUT2D eigenvalue weighted by Gasteiger charge is -2.04. The number of rotatable bonds is 1. The predicted octanol–water partition coefficient (Wildman–Crippen LogP) is 2.28. The summed E-state index contributed by atoms with van der Waals surface area (Å²) in [7, 11) is 0. The molecule has 0 fully saturated rings. The van der Waals surface area contributed by atoms with Gasteiger partial charge in [0.15, 0.2) is 0 Å². The van der Waals surface area contributed by atoms with Gasteiger partial charge in [0.25, 0.3) is 0 Å². The van der Waals surface area contributed by atoms with Gasteiger partial charge in [-0.2, -0.15) is 0 Å². The van der Waals surface area contributed by atoms with Crippen LogP contribution in [0.4, 0.5) is 4.39 Å². The number of aliphatic hydroxyl groups is 1. The normalized spacial score (nSPS) is 10.2. The smallest absolute Gasteiger partial charge is 0.142 e. The number of hydrogen-bond donors (Lipinski definition) is 1. The van der Waals surface area contributed by atoms with Gasteiger partial charge in [-0.05, 0) is 24.1 Å². The maximum Gasteiger partial charge on any atom is 0.142 e. The van der Waals surface area contributed by atoms with Crippen LogP contribution < -0.4 is 0 Å². The van der Waals surface area contributed by atoms with E-state index < -0.39 is 5.82 Å². The zero-order chi connectivity index (χ0) is 8.43. The molecule has 0 aliphatic rings. The first-order valence-corrected chi connectivity index (χ1v) is 3.59. The molecule has 0 unspecified atom stereocenters. The second-order valence-corrected chi connectivity index (χ2v) is 2.68. The molecule has 11 heavy (non-hydrogen) atoms. The maximum absolute atomic E-state index is 12.7. The Bertz CT molecular complexity index is 273. The van der Waals surface area contributed by atoms with E-state index in [1.165, 1.54) is 12.1 Å². The zero-order valence-corrected chi connectivity index (χ0v) is 6.82. The van der Waals surface area contributed by atoms with Crippen LogP contribution in [-0.2, 0) is 6.61 Å². The molecule has 0 aliphatic carbocycles. The van der Waals surface area contributed by atoms with Gasteiger partial charge in [-0.25, -0.2) is 4.39 Å². The Morgan fingerprint density at radius 3 is 2.73 bits per heavy atom. The molecule has 0 aliphatic heterocycles. The molecular weight excluding hydrogens is 167 g/mol. The van der Waals surface area contributed by atoms with Crippen molar-refractivity contribution in [1.82, 2.24) is 0 Å².